The maximum Gasteiger partial charge on any atom is 0.349 e. The third-order valence-corrected chi connectivity index (χ3v) is 4.50. The fraction of sp³-hybridized carbons (Fsp3) is 0.0435. The van der Waals surface area contributed by atoms with E-state index < -0.39 is 23.2 Å². The van der Waals surface area contributed by atoms with E-state index >= 15 is 0 Å². The minimum Gasteiger partial charge on any atom is -0.493 e. The lowest BCUT2D eigenvalue weighted by molar-refractivity contribution is 0.102. The van der Waals surface area contributed by atoms with E-state index in [0.717, 1.165) is 6.07 Å². The van der Waals surface area contributed by atoms with Gasteiger partial charge >= 0.3 is 5.63 Å². The summed E-state index contributed by atoms with van der Waals surface area (Å²) in [4.78, 5) is 25.0. The molecule has 30 heavy (non-hydrogen) atoms. The highest BCUT2D eigenvalue weighted by molar-refractivity contribution is 6.05. The molecule has 0 saturated carbocycles. The van der Waals surface area contributed by atoms with Crippen molar-refractivity contribution in [1.29, 1.82) is 0 Å². The molecule has 1 aromatic heterocycles. The molecule has 0 bridgehead atoms. The second kappa shape index (κ2) is 7.79. The van der Waals surface area contributed by atoms with Gasteiger partial charge in [-0.3, -0.25) is 4.79 Å². The van der Waals surface area contributed by atoms with Crippen LogP contribution in [0.5, 0.6) is 5.75 Å². The molecular formula is C23H15F2NO4. The molecule has 1 heterocycles. The van der Waals surface area contributed by atoms with Crippen LogP contribution in [0.2, 0.25) is 0 Å². The van der Waals surface area contributed by atoms with Crippen molar-refractivity contribution in [2.75, 3.05) is 12.4 Å². The van der Waals surface area contributed by atoms with Crippen molar-refractivity contribution in [3.63, 3.8) is 0 Å². The predicted molar refractivity (Wildman–Crippen MR) is 109 cm³/mol. The Morgan fingerprint density at radius 1 is 0.933 bits per heavy atom. The summed E-state index contributed by atoms with van der Waals surface area (Å²) in [6.45, 7) is 0. The van der Waals surface area contributed by atoms with Gasteiger partial charge in [0, 0.05) is 17.1 Å². The number of carbonyl (C=O) groups is 1. The first-order valence-corrected chi connectivity index (χ1v) is 8.93. The Hall–Kier alpha value is -4.00. The maximum atomic E-state index is 13.5. The first-order valence-electron chi connectivity index (χ1n) is 8.93. The lowest BCUT2D eigenvalue weighted by Crippen LogP contribution is -2.20. The van der Waals surface area contributed by atoms with Crippen LogP contribution in [0.3, 0.4) is 0 Å². The second-order valence-electron chi connectivity index (χ2n) is 6.52. The number of halogens is 2. The molecule has 0 unspecified atom stereocenters. The number of benzene rings is 3. The Morgan fingerprint density at radius 2 is 1.67 bits per heavy atom. The summed E-state index contributed by atoms with van der Waals surface area (Å²) in [5, 5.41) is 3.14. The number of fused-ring (bicyclic) bond motifs is 1. The molecule has 4 aromatic rings. The molecule has 0 fully saturated rings. The van der Waals surface area contributed by atoms with Crippen LogP contribution in [-0.2, 0) is 0 Å². The van der Waals surface area contributed by atoms with Crippen LogP contribution < -0.4 is 15.7 Å². The lowest BCUT2D eigenvalue weighted by atomic mass is 10.0. The number of rotatable bonds is 4. The monoisotopic (exact) mass is 407 g/mol. The number of methoxy groups -OCH3 is 1. The number of ether oxygens (including phenoxy) is 1. The van der Waals surface area contributed by atoms with Crippen molar-refractivity contribution in [3.05, 3.63) is 94.3 Å². The third-order valence-electron chi connectivity index (χ3n) is 4.50. The maximum absolute atomic E-state index is 13.5. The van der Waals surface area contributed by atoms with Crippen LogP contribution in [-0.4, -0.2) is 13.0 Å². The fourth-order valence-corrected chi connectivity index (χ4v) is 3.13. The molecule has 5 nitrogen and oxygen atoms in total. The largest absolute Gasteiger partial charge is 0.493 e. The Kier molecular flexibility index (Phi) is 5.02. The van der Waals surface area contributed by atoms with Crippen LogP contribution in [0.25, 0.3) is 22.1 Å². The number of para-hydroxylation sites is 1. The van der Waals surface area contributed by atoms with Crippen molar-refractivity contribution in [1.82, 2.24) is 0 Å². The fourth-order valence-electron chi connectivity index (χ4n) is 3.13. The Bertz CT molecular complexity index is 1310. The first-order chi connectivity index (χ1) is 14.4. The van der Waals surface area contributed by atoms with E-state index in [-0.39, 0.29) is 11.1 Å². The van der Waals surface area contributed by atoms with Gasteiger partial charge in [0.1, 0.15) is 17.2 Å². The minimum absolute atomic E-state index is 0.182. The second-order valence-corrected chi connectivity index (χ2v) is 6.52. The summed E-state index contributed by atoms with van der Waals surface area (Å²) < 4.78 is 37.4. The Balaban J connectivity index is 1.66. The van der Waals surface area contributed by atoms with Gasteiger partial charge in [-0.2, -0.15) is 0 Å². The normalized spacial score (nSPS) is 10.8. The number of nitrogens with one attached hydrogen (secondary N) is 1. The van der Waals surface area contributed by atoms with E-state index in [9.17, 15) is 18.4 Å². The number of amides is 1. The quantitative estimate of drug-likeness (QED) is 0.484. The van der Waals surface area contributed by atoms with Gasteiger partial charge in [-0.1, -0.05) is 24.3 Å². The van der Waals surface area contributed by atoms with Gasteiger partial charge in [0.05, 0.1) is 7.11 Å². The zero-order valence-electron chi connectivity index (χ0n) is 15.7. The zero-order valence-corrected chi connectivity index (χ0v) is 15.7. The van der Waals surface area contributed by atoms with Crippen LogP contribution in [0.4, 0.5) is 14.5 Å². The molecule has 0 radical (unpaired) electrons. The van der Waals surface area contributed by atoms with E-state index in [1.807, 2.05) is 0 Å². The first kappa shape index (κ1) is 19.3. The van der Waals surface area contributed by atoms with Crippen LogP contribution in [0, 0.1) is 11.6 Å². The molecule has 0 atom stereocenters. The van der Waals surface area contributed by atoms with Gasteiger partial charge in [-0.15, -0.1) is 0 Å². The molecule has 0 saturated heterocycles. The number of anilines is 1. The summed E-state index contributed by atoms with van der Waals surface area (Å²) in [5.74, 6) is -1.70. The van der Waals surface area contributed by atoms with Crippen LogP contribution in [0.15, 0.2) is 75.9 Å². The number of hydrogen-bond donors (Lipinski definition) is 1. The predicted octanol–water partition coefficient (Wildman–Crippen LogP) is 5.00. The number of carbonyl (C=O) groups excluding carboxylic acids is 1. The summed E-state index contributed by atoms with van der Waals surface area (Å²) in [5.41, 5.74) is 0.428. The van der Waals surface area contributed by atoms with Gasteiger partial charge in [0.15, 0.2) is 11.3 Å². The molecule has 7 heteroatoms. The van der Waals surface area contributed by atoms with Gasteiger partial charge in [-0.05, 0) is 47.5 Å². The topological polar surface area (TPSA) is 68.5 Å². The number of hydrogen-bond acceptors (Lipinski definition) is 4. The molecular weight excluding hydrogens is 392 g/mol. The smallest absolute Gasteiger partial charge is 0.349 e. The zero-order chi connectivity index (χ0) is 21.3. The minimum atomic E-state index is -0.812. The highest BCUT2D eigenvalue weighted by Crippen LogP contribution is 2.26. The van der Waals surface area contributed by atoms with E-state index in [2.05, 4.69) is 5.32 Å². The lowest BCUT2D eigenvalue weighted by Gasteiger charge is -2.09. The van der Waals surface area contributed by atoms with Crippen molar-refractivity contribution in [2.45, 2.75) is 0 Å². The third kappa shape index (κ3) is 3.77. The standard InChI is InChI=1S/C23H15F2NO4/c1-29-20-7-3-5-14-11-19(23(28)30-21(14)20)22(27)26-18-6-2-4-13(10-18)15-8-16(24)12-17(25)9-15/h2-12H,1H3,(H,26,27). The van der Waals surface area contributed by atoms with E-state index in [1.54, 1.807) is 42.5 Å². The van der Waals surface area contributed by atoms with Crippen molar-refractivity contribution in [3.8, 4) is 16.9 Å². The van der Waals surface area contributed by atoms with Gasteiger partial charge in [0.2, 0.25) is 0 Å². The molecule has 1 amide bonds. The Labute approximate surface area is 169 Å². The highest BCUT2D eigenvalue weighted by atomic mass is 19.1. The van der Waals surface area contributed by atoms with Crippen molar-refractivity contribution >= 4 is 22.6 Å². The summed E-state index contributed by atoms with van der Waals surface area (Å²) in [6, 6.07) is 16.1. The van der Waals surface area contributed by atoms with Crippen molar-refractivity contribution < 1.29 is 22.7 Å². The van der Waals surface area contributed by atoms with E-state index in [4.69, 9.17) is 9.15 Å². The molecule has 0 spiro atoms. The SMILES string of the molecule is COc1cccc2cc(C(=O)Nc3cccc(-c4cc(F)cc(F)c4)c3)c(=O)oc12. The molecule has 0 aliphatic heterocycles. The highest BCUT2D eigenvalue weighted by Gasteiger charge is 2.16. The molecule has 1 N–H and O–H groups in total. The summed E-state index contributed by atoms with van der Waals surface area (Å²) >= 11 is 0. The van der Waals surface area contributed by atoms with Gasteiger partial charge in [0.25, 0.3) is 5.91 Å². The molecule has 4 rings (SSSR count). The summed E-state index contributed by atoms with van der Waals surface area (Å²) in [7, 11) is 1.45. The van der Waals surface area contributed by atoms with Gasteiger partial charge < -0.3 is 14.5 Å². The van der Waals surface area contributed by atoms with E-state index in [1.165, 1.54) is 25.3 Å². The van der Waals surface area contributed by atoms with E-state index in [0.29, 0.717) is 28.0 Å². The van der Waals surface area contributed by atoms with Crippen molar-refractivity contribution in [2.24, 2.45) is 0 Å². The molecule has 3 aromatic carbocycles. The van der Waals surface area contributed by atoms with Crippen LogP contribution >= 0.6 is 0 Å². The molecule has 0 aliphatic carbocycles. The molecule has 150 valence electrons. The Morgan fingerprint density at radius 3 is 2.40 bits per heavy atom. The average Bonchev–Trinajstić information content (AvgIpc) is 2.72. The average molecular weight is 407 g/mol. The molecule has 0 aliphatic rings. The van der Waals surface area contributed by atoms with Crippen LogP contribution in [0.1, 0.15) is 10.4 Å². The summed E-state index contributed by atoms with van der Waals surface area (Å²) in [6.07, 6.45) is 0. The van der Waals surface area contributed by atoms with Gasteiger partial charge in [-0.25, -0.2) is 13.6 Å².